The zero-order chi connectivity index (χ0) is 17.0. The van der Waals surface area contributed by atoms with Crippen LogP contribution < -0.4 is 5.32 Å². The Hall–Kier alpha value is -1.30. The smallest absolute Gasteiger partial charge is 0.407 e. The van der Waals surface area contributed by atoms with Crippen molar-refractivity contribution in [2.45, 2.75) is 71.7 Å². The number of carbonyl (C=O) groups is 2. The van der Waals surface area contributed by atoms with Crippen LogP contribution in [0.4, 0.5) is 4.79 Å². The number of amides is 1. The van der Waals surface area contributed by atoms with Crippen LogP contribution in [0.2, 0.25) is 0 Å². The first kappa shape index (κ1) is 18.7. The third kappa shape index (κ3) is 6.64. The van der Waals surface area contributed by atoms with E-state index in [9.17, 15) is 14.7 Å². The van der Waals surface area contributed by atoms with Crippen LogP contribution in [0.25, 0.3) is 0 Å². The lowest BCUT2D eigenvalue weighted by Gasteiger charge is -2.22. The molecule has 0 bridgehead atoms. The number of hydrogen-bond donors (Lipinski definition) is 2. The summed E-state index contributed by atoms with van der Waals surface area (Å²) in [4.78, 5) is 23.2. The van der Waals surface area contributed by atoms with Crippen LogP contribution in [0.1, 0.15) is 60.3 Å². The summed E-state index contributed by atoms with van der Waals surface area (Å²) < 4.78 is 10.2. The zero-order valence-electron chi connectivity index (χ0n) is 14.3. The monoisotopic (exact) mass is 315 g/mol. The summed E-state index contributed by atoms with van der Waals surface area (Å²) in [5.41, 5.74) is -0.534. The molecule has 128 valence electrons. The van der Waals surface area contributed by atoms with Crippen LogP contribution in [0, 0.1) is 11.8 Å². The van der Waals surface area contributed by atoms with E-state index in [-0.39, 0.29) is 11.9 Å². The molecule has 1 aliphatic heterocycles. The number of alkyl carbamates (subject to hydrolysis) is 1. The normalized spacial score (nSPS) is 25.2. The second kappa shape index (κ2) is 7.31. The van der Waals surface area contributed by atoms with Crippen molar-refractivity contribution < 1.29 is 24.2 Å². The lowest BCUT2D eigenvalue weighted by atomic mass is 9.92. The Bertz CT molecular complexity index is 402. The first-order valence-corrected chi connectivity index (χ1v) is 7.93. The lowest BCUT2D eigenvalue weighted by molar-refractivity contribution is -0.190. The van der Waals surface area contributed by atoms with Crippen molar-refractivity contribution in [2.75, 3.05) is 6.54 Å². The standard InChI is InChI=1S/C16H29NO5/c1-11(2)9-12-10-16(20,21-13(12)18)7-6-8-17-14(19)22-15(3,4)5/h11-12,20H,6-10H2,1-5H3,(H,17,19)/t12-,16+/m1/s1. The average molecular weight is 315 g/mol. The van der Waals surface area contributed by atoms with Crippen molar-refractivity contribution in [2.24, 2.45) is 11.8 Å². The van der Waals surface area contributed by atoms with E-state index >= 15 is 0 Å². The largest absolute Gasteiger partial charge is 0.444 e. The van der Waals surface area contributed by atoms with Crippen LogP contribution >= 0.6 is 0 Å². The fraction of sp³-hybridized carbons (Fsp3) is 0.875. The summed E-state index contributed by atoms with van der Waals surface area (Å²) in [6.45, 7) is 9.82. The number of cyclic esters (lactones) is 1. The molecule has 1 rings (SSSR count). The second-order valence-corrected chi connectivity index (χ2v) is 7.43. The highest BCUT2D eigenvalue weighted by Crippen LogP contribution is 2.35. The van der Waals surface area contributed by atoms with E-state index in [0.717, 1.165) is 6.42 Å². The molecule has 1 aliphatic rings. The van der Waals surface area contributed by atoms with Crippen molar-refractivity contribution in [1.29, 1.82) is 0 Å². The van der Waals surface area contributed by atoms with Gasteiger partial charge in [-0.25, -0.2) is 4.79 Å². The average Bonchev–Trinajstić information content (AvgIpc) is 2.57. The first-order chi connectivity index (χ1) is 10.0. The number of carbonyl (C=O) groups excluding carboxylic acids is 2. The minimum absolute atomic E-state index is 0.233. The van der Waals surface area contributed by atoms with E-state index in [0.29, 0.717) is 31.7 Å². The molecule has 6 heteroatoms. The molecule has 1 saturated heterocycles. The van der Waals surface area contributed by atoms with Crippen molar-refractivity contribution >= 4 is 12.1 Å². The minimum Gasteiger partial charge on any atom is -0.444 e. The van der Waals surface area contributed by atoms with Gasteiger partial charge >= 0.3 is 12.1 Å². The van der Waals surface area contributed by atoms with Gasteiger partial charge in [0, 0.05) is 19.4 Å². The third-order valence-electron chi connectivity index (χ3n) is 3.36. The van der Waals surface area contributed by atoms with Gasteiger partial charge in [-0.15, -0.1) is 0 Å². The molecule has 0 unspecified atom stereocenters. The highest BCUT2D eigenvalue weighted by atomic mass is 16.7. The molecule has 1 heterocycles. The molecule has 22 heavy (non-hydrogen) atoms. The van der Waals surface area contributed by atoms with E-state index in [1.807, 2.05) is 13.8 Å². The minimum atomic E-state index is -1.40. The Balaban J connectivity index is 2.30. The number of ether oxygens (including phenoxy) is 2. The van der Waals surface area contributed by atoms with Gasteiger partial charge in [-0.05, 0) is 39.5 Å². The van der Waals surface area contributed by atoms with Gasteiger partial charge in [0.1, 0.15) is 5.60 Å². The van der Waals surface area contributed by atoms with Gasteiger partial charge in [-0.3, -0.25) is 4.79 Å². The molecular formula is C16H29NO5. The molecule has 0 saturated carbocycles. The predicted molar refractivity (Wildman–Crippen MR) is 82.1 cm³/mol. The van der Waals surface area contributed by atoms with Crippen LogP contribution in [0.15, 0.2) is 0 Å². The summed E-state index contributed by atoms with van der Waals surface area (Å²) >= 11 is 0. The van der Waals surface area contributed by atoms with Gasteiger partial charge < -0.3 is 19.9 Å². The molecule has 0 spiro atoms. The fourth-order valence-corrected chi connectivity index (χ4v) is 2.55. The topological polar surface area (TPSA) is 84.9 Å². The molecule has 1 fully saturated rings. The summed E-state index contributed by atoms with van der Waals surface area (Å²) in [6, 6.07) is 0. The third-order valence-corrected chi connectivity index (χ3v) is 3.36. The number of rotatable bonds is 6. The van der Waals surface area contributed by atoms with Crippen LogP contribution in [0.5, 0.6) is 0 Å². The van der Waals surface area contributed by atoms with E-state index in [1.165, 1.54) is 0 Å². The van der Waals surface area contributed by atoms with Crippen molar-refractivity contribution in [3.05, 3.63) is 0 Å². The lowest BCUT2D eigenvalue weighted by Crippen LogP contribution is -2.34. The highest BCUT2D eigenvalue weighted by molar-refractivity contribution is 5.75. The maximum atomic E-state index is 11.8. The summed E-state index contributed by atoms with van der Waals surface area (Å²) in [5.74, 6) is -1.57. The Kier molecular flexibility index (Phi) is 6.23. The zero-order valence-corrected chi connectivity index (χ0v) is 14.3. The van der Waals surface area contributed by atoms with Gasteiger partial charge in [-0.1, -0.05) is 13.8 Å². The van der Waals surface area contributed by atoms with Gasteiger partial charge in [0.25, 0.3) is 0 Å². The summed E-state index contributed by atoms with van der Waals surface area (Å²) in [7, 11) is 0. The SMILES string of the molecule is CC(C)C[C@@H]1C[C@](O)(CCCNC(=O)OC(C)(C)C)OC1=O. The molecule has 0 aromatic heterocycles. The van der Waals surface area contributed by atoms with Crippen molar-refractivity contribution in [1.82, 2.24) is 5.32 Å². The molecule has 1 amide bonds. The van der Waals surface area contributed by atoms with Crippen LogP contribution in [0.3, 0.4) is 0 Å². The highest BCUT2D eigenvalue weighted by Gasteiger charge is 2.44. The first-order valence-electron chi connectivity index (χ1n) is 7.93. The van der Waals surface area contributed by atoms with Crippen LogP contribution in [-0.4, -0.2) is 35.1 Å². The summed E-state index contributed by atoms with van der Waals surface area (Å²) in [6.07, 6.45) is 1.38. The van der Waals surface area contributed by atoms with Gasteiger partial charge in [0.05, 0.1) is 5.92 Å². The number of esters is 1. The Labute approximate surface area is 132 Å². The molecule has 0 aliphatic carbocycles. The maximum Gasteiger partial charge on any atom is 0.407 e. The molecule has 2 atom stereocenters. The maximum absolute atomic E-state index is 11.8. The number of hydrogen-bond acceptors (Lipinski definition) is 5. The Morgan fingerprint density at radius 2 is 2.14 bits per heavy atom. The van der Waals surface area contributed by atoms with E-state index < -0.39 is 17.5 Å². The molecule has 0 radical (unpaired) electrons. The van der Waals surface area contributed by atoms with Gasteiger partial charge in [0.15, 0.2) is 0 Å². The summed E-state index contributed by atoms with van der Waals surface area (Å²) in [5, 5.41) is 12.9. The fourth-order valence-electron chi connectivity index (χ4n) is 2.55. The van der Waals surface area contributed by atoms with Crippen LogP contribution in [-0.2, 0) is 14.3 Å². The Morgan fingerprint density at radius 3 is 2.68 bits per heavy atom. The second-order valence-electron chi connectivity index (χ2n) is 7.43. The van der Waals surface area contributed by atoms with E-state index in [4.69, 9.17) is 9.47 Å². The molecular weight excluding hydrogens is 286 g/mol. The number of aliphatic hydroxyl groups is 1. The van der Waals surface area contributed by atoms with E-state index in [2.05, 4.69) is 5.32 Å². The Morgan fingerprint density at radius 1 is 1.50 bits per heavy atom. The molecule has 6 nitrogen and oxygen atoms in total. The molecule has 0 aromatic carbocycles. The predicted octanol–water partition coefficient (Wildman–Crippen LogP) is 2.59. The molecule has 2 N–H and O–H groups in total. The molecule has 0 aromatic rings. The van der Waals surface area contributed by atoms with Gasteiger partial charge in [-0.2, -0.15) is 0 Å². The van der Waals surface area contributed by atoms with Gasteiger partial charge in [0.2, 0.25) is 5.79 Å². The van der Waals surface area contributed by atoms with E-state index in [1.54, 1.807) is 20.8 Å². The number of nitrogens with one attached hydrogen (secondary N) is 1. The quantitative estimate of drug-likeness (QED) is 0.581. The van der Waals surface area contributed by atoms with Crippen molar-refractivity contribution in [3.8, 4) is 0 Å². The van der Waals surface area contributed by atoms with Crippen molar-refractivity contribution in [3.63, 3.8) is 0 Å².